The van der Waals surface area contributed by atoms with Crippen LogP contribution in [0.15, 0.2) is 6.33 Å². The fourth-order valence-electron chi connectivity index (χ4n) is 1.65. The maximum atomic E-state index is 10.1. The Morgan fingerprint density at radius 2 is 2.38 bits per heavy atom. The highest BCUT2D eigenvalue weighted by Crippen LogP contribution is 2.40. The molecular formula is C9H15N3O. The van der Waals surface area contributed by atoms with Gasteiger partial charge in [-0.05, 0) is 25.7 Å². The van der Waals surface area contributed by atoms with E-state index in [9.17, 15) is 5.11 Å². The molecule has 0 aromatic carbocycles. The number of aliphatic hydroxyl groups is 1. The number of aromatic nitrogens is 3. The zero-order chi connectivity index (χ0) is 9.47. The summed E-state index contributed by atoms with van der Waals surface area (Å²) < 4.78 is 1.72. The fourth-order valence-corrected chi connectivity index (χ4v) is 1.65. The predicted octanol–water partition coefficient (Wildman–Crippen LogP) is 0.519. The molecular weight excluding hydrogens is 166 g/mol. The van der Waals surface area contributed by atoms with Crippen molar-refractivity contribution < 1.29 is 5.11 Å². The second-order valence-electron chi connectivity index (χ2n) is 4.11. The molecule has 2 rings (SSSR count). The molecule has 1 fully saturated rings. The summed E-state index contributed by atoms with van der Waals surface area (Å²) in [6.45, 7) is 1.89. The molecule has 1 aliphatic carbocycles. The molecule has 0 spiro atoms. The number of nitrogens with zero attached hydrogens (tertiary/aromatic N) is 3. The number of rotatable bonds is 3. The van der Waals surface area contributed by atoms with Crippen LogP contribution in [0.3, 0.4) is 0 Å². The first-order chi connectivity index (χ1) is 6.09. The summed E-state index contributed by atoms with van der Waals surface area (Å²) in [4.78, 5) is 4.10. The van der Waals surface area contributed by atoms with Gasteiger partial charge in [-0.3, -0.25) is 4.68 Å². The van der Waals surface area contributed by atoms with Crippen LogP contribution in [0.1, 0.15) is 25.6 Å². The highest BCUT2D eigenvalue weighted by Gasteiger charge is 2.40. The minimum Gasteiger partial charge on any atom is -0.389 e. The summed E-state index contributed by atoms with van der Waals surface area (Å²) in [5, 5.41) is 14.0. The maximum Gasteiger partial charge on any atom is 0.138 e. The van der Waals surface area contributed by atoms with Crippen LogP contribution in [0.25, 0.3) is 0 Å². The van der Waals surface area contributed by atoms with Crippen molar-refractivity contribution in [1.29, 1.82) is 0 Å². The Balaban J connectivity index is 2.08. The average Bonchev–Trinajstić information content (AvgIpc) is 2.80. The summed E-state index contributed by atoms with van der Waals surface area (Å²) in [5.41, 5.74) is -0.596. The Bertz CT molecular complexity index is 302. The quantitative estimate of drug-likeness (QED) is 0.739. The van der Waals surface area contributed by atoms with Gasteiger partial charge in [-0.2, -0.15) is 5.10 Å². The SMILES string of the molecule is Cn1ncnc1CC(C)(O)C1CC1. The summed E-state index contributed by atoms with van der Waals surface area (Å²) in [6.07, 6.45) is 4.42. The first kappa shape index (κ1) is 8.69. The van der Waals surface area contributed by atoms with Gasteiger partial charge in [0.2, 0.25) is 0 Å². The standard InChI is InChI=1S/C9H15N3O/c1-9(13,7-3-4-7)5-8-10-6-11-12(8)2/h6-7,13H,3-5H2,1-2H3. The number of hydrogen-bond donors (Lipinski definition) is 1. The van der Waals surface area contributed by atoms with Crippen LogP contribution in [0.4, 0.5) is 0 Å². The lowest BCUT2D eigenvalue weighted by atomic mass is 9.96. The van der Waals surface area contributed by atoms with Gasteiger partial charge < -0.3 is 5.11 Å². The average molecular weight is 181 g/mol. The molecule has 4 heteroatoms. The molecule has 0 saturated heterocycles. The van der Waals surface area contributed by atoms with Gasteiger partial charge in [-0.25, -0.2) is 4.98 Å². The van der Waals surface area contributed by atoms with E-state index in [-0.39, 0.29) is 0 Å². The van der Waals surface area contributed by atoms with Crippen molar-refractivity contribution in [2.24, 2.45) is 13.0 Å². The molecule has 0 bridgehead atoms. The molecule has 1 atom stereocenters. The Kier molecular flexibility index (Phi) is 1.87. The fraction of sp³-hybridized carbons (Fsp3) is 0.778. The lowest BCUT2D eigenvalue weighted by Gasteiger charge is -2.21. The lowest BCUT2D eigenvalue weighted by Crippen LogP contribution is -2.31. The second-order valence-corrected chi connectivity index (χ2v) is 4.11. The van der Waals surface area contributed by atoms with Gasteiger partial charge >= 0.3 is 0 Å². The minimum atomic E-state index is -0.596. The normalized spacial score (nSPS) is 21.5. The van der Waals surface area contributed by atoms with E-state index in [1.165, 1.54) is 6.33 Å². The van der Waals surface area contributed by atoms with E-state index in [0.717, 1.165) is 18.7 Å². The van der Waals surface area contributed by atoms with Crippen molar-refractivity contribution in [1.82, 2.24) is 14.8 Å². The Hall–Kier alpha value is -0.900. The van der Waals surface area contributed by atoms with E-state index < -0.39 is 5.60 Å². The van der Waals surface area contributed by atoms with E-state index in [1.807, 2.05) is 14.0 Å². The van der Waals surface area contributed by atoms with Crippen molar-refractivity contribution in [2.45, 2.75) is 31.8 Å². The van der Waals surface area contributed by atoms with Gasteiger partial charge in [-0.15, -0.1) is 0 Å². The molecule has 1 aromatic rings. The smallest absolute Gasteiger partial charge is 0.138 e. The van der Waals surface area contributed by atoms with Crippen LogP contribution in [0.2, 0.25) is 0 Å². The Labute approximate surface area is 77.6 Å². The van der Waals surface area contributed by atoms with Crippen LogP contribution < -0.4 is 0 Å². The second kappa shape index (κ2) is 2.80. The van der Waals surface area contributed by atoms with Crippen LogP contribution >= 0.6 is 0 Å². The third-order valence-corrected chi connectivity index (χ3v) is 2.78. The number of aryl methyl sites for hydroxylation is 1. The van der Waals surface area contributed by atoms with Gasteiger partial charge in [0.05, 0.1) is 5.60 Å². The zero-order valence-corrected chi connectivity index (χ0v) is 8.06. The monoisotopic (exact) mass is 181 g/mol. The van der Waals surface area contributed by atoms with Crippen LogP contribution in [-0.4, -0.2) is 25.5 Å². The molecule has 0 radical (unpaired) electrons. The highest BCUT2D eigenvalue weighted by molar-refractivity contribution is 4.99. The minimum absolute atomic E-state index is 0.462. The molecule has 4 nitrogen and oxygen atoms in total. The van der Waals surface area contributed by atoms with E-state index in [4.69, 9.17) is 0 Å². The summed E-state index contributed by atoms with van der Waals surface area (Å²) in [7, 11) is 1.85. The van der Waals surface area contributed by atoms with E-state index in [0.29, 0.717) is 12.3 Å². The summed E-state index contributed by atoms with van der Waals surface area (Å²) in [6, 6.07) is 0. The number of hydrogen-bond acceptors (Lipinski definition) is 3. The van der Waals surface area contributed by atoms with Crippen molar-refractivity contribution in [3.8, 4) is 0 Å². The zero-order valence-electron chi connectivity index (χ0n) is 8.06. The summed E-state index contributed by atoms with van der Waals surface area (Å²) in [5.74, 6) is 1.32. The Morgan fingerprint density at radius 3 is 2.85 bits per heavy atom. The van der Waals surface area contributed by atoms with Gasteiger partial charge in [0.1, 0.15) is 12.2 Å². The third-order valence-electron chi connectivity index (χ3n) is 2.78. The molecule has 1 aliphatic rings. The van der Waals surface area contributed by atoms with Gasteiger partial charge in [-0.1, -0.05) is 0 Å². The topological polar surface area (TPSA) is 50.9 Å². The molecule has 1 aromatic heterocycles. The van der Waals surface area contributed by atoms with Gasteiger partial charge in [0, 0.05) is 13.5 Å². The van der Waals surface area contributed by atoms with Crippen molar-refractivity contribution in [3.63, 3.8) is 0 Å². The largest absolute Gasteiger partial charge is 0.389 e. The van der Waals surface area contributed by atoms with E-state index >= 15 is 0 Å². The van der Waals surface area contributed by atoms with E-state index in [2.05, 4.69) is 10.1 Å². The lowest BCUT2D eigenvalue weighted by molar-refractivity contribution is 0.0344. The van der Waals surface area contributed by atoms with Gasteiger partial charge in [0.25, 0.3) is 0 Å². The molecule has 72 valence electrons. The molecule has 1 unspecified atom stereocenters. The molecule has 1 N–H and O–H groups in total. The summed E-state index contributed by atoms with van der Waals surface area (Å²) >= 11 is 0. The molecule has 13 heavy (non-hydrogen) atoms. The van der Waals surface area contributed by atoms with Crippen molar-refractivity contribution >= 4 is 0 Å². The van der Waals surface area contributed by atoms with Crippen molar-refractivity contribution in [3.05, 3.63) is 12.2 Å². The molecule has 0 amide bonds. The van der Waals surface area contributed by atoms with E-state index in [1.54, 1.807) is 4.68 Å². The molecule has 1 heterocycles. The first-order valence-electron chi connectivity index (χ1n) is 4.65. The predicted molar refractivity (Wildman–Crippen MR) is 48.1 cm³/mol. The highest BCUT2D eigenvalue weighted by atomic mass is 16.3. The molecule has 0 aliphatic heterocycles. The van der Waals surface area contributed by atoms with Crippen LogP contribution in [0, 0.1) is 5.92 Å². The molecule has 1 saturated carbocycles. The van der Waals surface area contributed by atoms with Crippen LogP contribution in [-0.2, 0) is 13.5 Å². The van der Waals surface area contributed by atoms with Crippen LogP contribution in [0.5, 0.6) is 0 Å². The maximum absolute atomic E-state index is 10.1. The third kappa shape index (κ3) is 1.72. The van der Waals surface area contributed by atoms with Gasteiger partial charge in [0.15, 0.2) is 0 Å². The Morgan fingerprint density at radius 1 is 1.69 bits per heavy atom. The first-order valence-corrected chi connectivity index (χ1v) is 4.65. The van der Waals surface area contributed by atoms with Crippen molar-refractivity contribution in [2.75, 3.05) is 0 Å².